The van der Waals surface area contributed by atoms with Crippen molar-refractivity contribution in [3.8, 4) is 0 Å². The first-order valence-electron chi connectivity index (χ1n) is 3.16. The molecule has 1 rings (SSSR count). The van der Waals surface area contributed by atoms with E-state index in [2.05, 4.69) is 11.6 Å². The number of pyridine rings is 1. The topological polar surface area (TPSA) is 33.1 Å². The van der Waals surface area contributed by atoms with Crippen LogP contribution in [0.15, 0.2) is 31.0 Å². The van der Waals surface area contributed by atoms with E-state index in [-0.39, 0.29) is 0 Å². The SMILES string of the molecule is C=CC(O)c1ccc(F)nc1. The molecule has 58 valence electrons. The van der Waals surface area contributed by atoms with Gasteiger partial charge in [0.1, 0.15) is 0 Å². The standard InChI is InChI=1S/C8H8FNO/c1-2-7(11)6-3-4-8(9)10-5-6/h2-5,7,11H,1H2. The minimum absolute atomic E-state index is 0.543. The van der Waals surface area contributed by atoms with Gasteiger partial charge in [-0.15, -0.1) is 6.58 Å². The van der Waals surface area contributed by atoms with E-state index < -0.39 is 12.1 Å². The van der Waals surface area contributed by atoms with Crippen LogP contribution in [0.25, 0.3) is 0 Å². The number of aliphatic hydroxyl groups excluding tert-OH is 1. The van der Waals surface area contributed by atoms with E-state index in [0.717, 1.165) is 0 Å². The molecule has 11 heavy (non-hydrogen) atoms. The lowest BCUT2D eigenvalue weighted by atomic mass is 10.2. The Labute approximate surface area is 64.0 Å². The molecule has 0 fully saturated rings. The minimum atomic E-state index is -0.761. The lowest BCUT2D eigenvalue weighted by Crippen LogP contribution is -1.93. The zero-order chi connectivity index (χ0) is 8.27. The molecule has 3 heteroatoms. The second kappa shape index (κ2) is 3.25. The fourth-order valence-corrected chi connectivity index (χ4v) is 0.698. The van der Waals surface area contributed by atoms with E-state index in [1.807, 2.05) is 0 Å². The normalized spacial score (nSPS) is 12.5. The molecular weight excluding hydrogens is 145 g/mol. The molecule has 1 unspecified atom stereocenters. The van der Waals surface area contributed by atoms with Crippen LogP contribution in [0.1, 0.15) is 11.7 Å². The highest BCUT2D eigenvalue weighted by atomic mass is 19.1. The zero-order valence-corrected chi connectivity index (χ0v) is 5.87. The zero-order valence-electron chi connectivity index (χ0n) is 5.87. The first-order chi connectivity index (χ1) is 5.24. The summed E-state index contributed by atoms with van der Waals surface area (Å²) in [6.45, 7) is 3.39. The molecule has 1 aromatic rings. The van der Waals surface area contributed by atoms with Gasteiger partial charge in [-0.2, -0.15) is 4.39 Å². The molecule has 0 amide bonds. The van der Waals surface area contributed by atoms with Gasteiger partial charge in [-0.1, -0.05) is 12.1 Å². The molecule has 0 aromatic carbocycles. The summed E-state index contributed by atoms with van der Waals surface area (Å²) < 4.78 is 12.2. The van der Waals surface area contributed by atoms with E-state index in [4.69, 9.17) is 5.11 Å². The summed E-state index contributed by atoms with van der Waals surface area (Å²) in [7, 11) is 0. The summed E-state index contributed by atoms with van der Waals surface area (Å²) in [6, 6.07) is 2.66. The van der Waals surface area contributed by atoms with Gasteiger partial charge in [0.05, 0.1) is 6.10 Å². The number of aromatic nitrogens is 1. The second-order valence-electron chi connectivity index (χ2n) is 2.09. The van der Waals surface area contributed by atoms with Crippen molar-refractivity contribution in [3.05, 3.63) is 42.5 Å². The highest BCUT2D eigenvalue weighted by Gasteiger charge is 2.01. The smallest absolute Gasteiger partial charge is 0.212 e. The monoisotopic (exact) mass is 153 g/mol. The molecule has 1 heterocycles. The van der Waals surface area contributed by atoms with Gasteiger partial charge in [0.2, 0.25) is 5.95 Å². The van der Waals surface area contributed by atoms with E-state index in [1.54, 1.807) is 0 Å². The maximum atomic E-state index is 12.2. The van der Waals surface area contributed by atoms with Crippen molar-refractivity contribution < 1.29 is 9.50 Å². The van der Waals surface area contributed by atoms with Gasteiger partial charge < -0.3 is 5.11 Å². The molecule has 1 aromatic heterocycles. The third-order valence-corrected chi connectivity index (χ3v) is 1.32. The molecule has 1 atom stereocenters. The molecular formula is C8H8FNO. The molecule has 1 N–H and O–H groups in total. The van der Waals surface area contributed by atoms with Crippen molar-refractivity contribution in [1.29, 1.82) is 0 Å². The highest BCUT2D eigenvalue weighted by molar-refractivity contribution is 5.15. The summed E-state index contributed by atoms with van der Waals surface area (Å²) in [5, 5.41) is 9.14. The van der Waals surface area contributed by atoms with Crippen LogP contribution in [0.3, 0.4) is 0 Å². The van der Waals surface area contributed by atoms with Crippen molar-refractivity contribution in [3.63, 3.8) is 0 Å². The Balaban J connectivity index is 2.89. The average Bonchev–Trinajstić information content (AvgIpc) is 2.05. The Morgan fingerprint density at radius 2 is 2.36 bits per heavy atom. The lowest BCUT2D eigenvalue weighted by Gasteiger charge is -2.02. The third kappa shape index (κ3) is 1.85. The number of halogens is 1. The average molecular weight is 153 g/mol. The van der Waals surface area contributed by atoms with Crippen LogP contribution >= 0.6 is 0 Å². The molecule has 0 saturated heterocycles. The lowest BCUT2D eigenvalue weighted by molar-refractivity contribution is 0.228. The Kier molecular flexibility index (Phi) is 2.33. The summed E-state index contributed by atoms with van der Waals surface area (Å²) >= 11 is 0. The van der Waals surface area contributed by atoms with Gasteiger partial charge in [-0.25, -0.2) is 4.98 Å². The van der Waals surface area contributed by atoms with Gasteiger partial charge in [0, 0.05) is 11.8 Å². The molecule has 0 radical (unpaired) electrons. The highest BCUT2D eigenvalue weighted by Crippen LogP contribution is 2.11. The van der Waals surface area contributed by atoms with Crippen LogP contribution in [-0.2, 0) is 0 Å². The predicted molar refractivity (Wildman–Crippen MR) is 39.4 cm³/mol. The van der Waals surface area contributed by atoms with Gasteiger partial charge in [-0.05, 0) is 6.07 Å². The van der Waals surface area contributed by atoms with Crippen molar-refractivity contribution in [2.24, 2.45) is 0 Å². The molecule has 0 aliphatic heterocycles. The van der Waals surface area contributed by atoms with Gasteiger partial charge in [0.15, 0.2) is 0 Å². The van der Waals surface area contributed by atoms with Crippen LogP contribution in [0, 0.1) is 5.95 Å². The van der Waals surface area contributed by atoms with Gasteiger partial charge in [-0.3, -0.25) is 0 Å². The number of nitrogens with zero attached hydrogens (tertiary/aromatic N) is 1. The van der Waals surface area contributed by atoms with E-state index in [0.29, 0.717) is 5.56 Å². The molecule has 0 bridgehead atoms. The predicted octanol–water partition coefficient (Wildman–Crippen LogP) is 1.44. The van der Waals surface area contributed by atoms with Crippen molar-refractivity contribution >= 4 is 0 Å². The quantitative estimate of drug-likeness (QED) is 0.515. The van der Waals surface area contributed by atoms with Gasteiger partial charge in [0.25, 0.3) is 0 Å². The Morgan fingerprint density at radius 1 is 1.64 bits per heavy atom. The van der Waals surface area contributed by atoms with Crippen LogP contribution in [0.2, 0.25) is 0 Å². The van der Waals surface area contributed by atoms with Crippen LogP contribution in [0.4, 0.5) is 4.39 Å². The fourth-order valence-electron chi connectivity index (χ4n) is 0.698. The van der Waals surface area contributed by atoms with Gasteiger partial charge >= 0.3 is 0 Å². The second-order valence-corrected chi connectivity index (χ2v) is 2.09. The molecule has 0 saturated carbocycles. The Morgan fingerprint density at radius 3 is 2.82 bits per heavy atom. The fraction of sp³-hybridized carbons (Fsp3) is 0.125. The maximum Gasteiger partial charge on any atom is 0.212 e. The summed E-state index contributed by atoms with van der Waals surface area (Å²) in [5.74, 6) is -0.551. The first kappa shape index (κ1) is 7.88. The Hall–Kier alpha value is -1.22. The summed E-state index contributed by atoms with van der Waals surface area (Å²) in [5.41, 5.74) is 0.543. The number of hydrogen-bond acceptors (Lipinski definition) is 2. The Bertz CT molecular complexity index is 245. The minimum Gasteiger partial charge on any atom is -0.384 e. The maximum absolute atomic E-state index is 12.2. The van der Waals surface area contributed by atoms with E-state index >= 15 is 0 Å². The molecule has 0 spiro atoms. The van der Waals surface area contributed by atoms with E-state index in [9.17, 15) is 4.39 Å². The molecule has 2 nitrogen and oxygen atoms in total. The van der Waals surface area contributed by atoms with Crippen molar-refractivity contribution in [1.82, 2.24) is 4.98 Å². The third-order valence-electron chi connectivity index (χ3n) is 1.32. The number of hydrogen-bond donors (Lipinski definition) is 1. The molecule has 0 aliphatic carbocycles. The van der Waals surface area contributed by atoms with Crippen molar-refractivity contribution in [2.45, 2.75) is 6.10 Å². The van der Waals surface area contributed by atoms with E-state index in [1.165, 1.54) is 24.4 Å². The summed E-state index contributed by atoms with van der Waals surface area (Å²) in [6.07, 6.45) is 1.87. The number of aliphatic hydroxyl groups is 1. The largest absolute Gasteiger partial charge is 0.384 e. The molecule has 0 aliphatic rings. The van der Waals surface area contributed by atoms with Crippen molar-refractivity contribution in [2.75, 3.05) is 0 Å². The van der Waals surface area contributed by atoms with Crippen LogP contribution in [-0.4, -0.2) is 10.1 Å². The summed E-state index contributed by atoms with van der Waals surface area (Å²) in [4.78, 5) is 3.37. The van der Waals surface area contributed by atoms with Crippen LogP contribution < -0.4 is 0 Å². The first-order valence-corrected chi connectivity index (χ1v) is 3.16. The number of rotatable bonds is 2. The van der Waals surface area contributed by atoms with Crippen LogP contribution in [0.5, 0.6) is 0 Å².